The van der Waals surface area contributed by atoms with Gasteiger partial charge in [0.25, 0.3) is 13.1 Å². The first-order valence-corrected chi connectivity index (χ1v) is 7.57. The van der Waals surface area contributed by atoms with Gasteiger partial charge in [0.2, 0.25) is 0 Å². The highest BCUT2D eigenvalue weighted by atomic mass is 31.2. The molecule has 0 fully saturated rings. The second kappa shape index (κ2) is 5.53. The first-order chi connectivity index (χ1) is 8.27. The van der Waals surface area contributed by atoms with E-state index in [0.717, 1.165) is 0 Å². The Morgan fingerprint density at radius 3 is 1.89 bits per heavy atom. The summed E-state index contributed by atoms with van der Waals surface area (Å²) in [7, 11) is -2.79. The van der Waals surface area contributed by atoms with Gasteiger partial charge in [-0.15, -0.1) is 0 Å². The average molecular weight is 271 g/mol. The monoisotopic (exact) mass is 271 g/mol. The standard InChI is InChI=1S/C12H18NO4P/c1-9(2)18(16,10(3)4)17-12-7-5-11(6-8-12)13(14)15/h5-10H,1-4H3. The summed E-state index contributed by atoms with van der Waals surface area (Å²) in [5, 5.41) is 10.5. The van der Waals surface area contributed by atoms with E-state index in [4.69, 9.17) is 4.52 Å². The second-order valence-corrected chi connectivity index (χ2v) is 8.21. The minimum Gasteiger partial charge on any atom is -0.442 e. The van der Waals surface area contributed by atoms with Gasteiger partial charge >= 0.3 is 0 Å². The van der Waals surface area contributed by atoms with Crippen molar-refractivity contribution in [3.8, 4) is 5.75 Å². The van der Waals surface area contributed by atoms with Crippen LogP contribution in [0.3, 0.4) is 0 Å². The molecule has 0 unspecified atom stereocenters. The summed E-state index contributed by atoms with van der Waals surface area (Å²) in [5.74, 6) is 0.409. The van der Waals surface area contributed by atoms with Gasteiger partial charge in [-0.1, -0.05) is 27.7 Å². The van der Waals surface area contributed by atoms with E-state index in [2.05, 4.69) is 0 Å². The fourth-order valence-corrected chi connectivity index (χ4v) is 3.67. The molecular weight excluding hydrogens is 253 g/mol. The molecule has 0 aromatic heterocycles. The minimum atomic E-state index is -2.79. The summed E-state index contributed by atoms with van der Waals surface area (Å²) in [5.41, 5.74) is -0.188. The van der Waals surface area contributed by atoms with Crippen LogP contribution in [-0.4, -0.2) is 16.2 Å². The summed E-state index contributed by atoms with van der Waals surface area (Å²) in [6, 6.07) is 5.66. The van der Waals surface area contributed by atoms with Crippen LogP contribution < -0.4 is 4.52 Å². The Labute approximate surface area is 107 Å². The topological polar surface area (TPSA) is 69.4 Å². The molecule has 18 heavy (non-hydrogen) atoms. The van der Waals surface area contributed by atoms with Crippen LogP contribution in [0, 0.1) is 10.1 Å². The van der Waals surface area contributed by atoms with E-state index < -0.39 is 12.3 Å². The third-order valence-electron chi connectivity index (χ3n) is 2.74. The molecule has 100 valence electrons. The zero-order valence-electron chi connectivity index (χ0n) is 11.0. The van der Waals surface area contributed by atoms with E-state index in [1.54, 1.807) is 0 Å². The first-order valence-electron chi connectivity index (χ1n) is 5.81. The fourth-order valence-electron chi connectivity index (χ4n) is 1.60. The van der Waals surface area contributed by atoms with Crippen molar-refractivity contribution in [1.29, 1.82) is 0 Å². The van der Waals surface area contributed by atoms with Crippen LogP contribution in [-0.2, 0) is 4.57 Å². The van der Waals surface area contributed by atoms with E-state index >= 15 is 0 Å². The summed E-state index contributed by atoms with van der Waals surface area (Å²) < 4.78 is 18.2. The lowest BCUT2D eigenvalue weighted by molar-refractivity contribution is -0.384. The number of rotatable bonds is 5. The molecule has 0 bridgehead atoms. The number of non-ortho nitro benzene ring substituents is 1. The molecule has 0 aliphatic carbocycles. The highest BCUT2D eigenvalue weighted by Gasteiger charge is 2.33. The highest BCUT2D eigenvalue weighted by molar-refractivity contribution is 7.60. The van der Waals surface area contributed by atoms with Crippen molar-refractivity contribution in [3.05, 3.63) is 34.4 Å². The Hall–Kier alpha value is -1.35. The zero-order valence-corrected chi connectivity index (χ0v) is 11.9. The number of nitro benzene ring substituents is 1. The van der Waals surface area contributed by atoms with Gasteiger partial charge in [-0.05, 0) is 12.1 Å². The molecule has 0 aliphatic heterocycles. The smallest absolute Gasteiger partial charge is 0.269 e. The Morgan fingerprint density at radius 1 is 1.11 bits per heavy atom. The van der Waals surface area contributed by atoms with Crippen molar-refractivity contribution in [2.24, 2.45) is 0 Å². The van der Waals surface area contributed by atoms with Crippen LogP contribution in [0.15, 0.2) is 24.3 Å². The molecule has 0 saturated carbocycles. The van der Waals surface area contributed by atoms with Gasteiger partial charge in [-0.3, -0.25) is 14.7 Å². The van der Waals surface area contributed by atoms with Crippen molar-refractivity contribution in [1.82, 2.24) is 0 Å². The van der Waals surface area contributed by atoms with Gasteiger partial charge in [0.05, 0.1) is 4.92 Å². The van der Waals surface area contributed by atoms with Crippen molar-refractivity contribution in [2.45, 2.75) is 39.0 Å². The summed E-state index contributed by atoms with van der Waals surface area (Å²) in [6.07, 6.45) is 0. The van der Waals surface area contributed by atoms with Gasteiger partial charge in [-0.25, -0.2) is 0 Å². The number of nitro groups is 1. The molecule has 0 spiro atoms. The molecule has 1 aromatic carbocycles. The van der Waals surface area contributed by atoms with E-state index in [0.29, 0.717) is 5.75 Å². The molecule has 0 heterocycles. The molecule has 0 amide bonds. The van der Waals surface area contributed by atoms with Crippen LogP contribution in [0.4, 0.5) is 5.69 Å². The third-order valence-corrected chi connectivity index (χ3v) is 6.11. The fraction of sp³-hybridized carbons (Fsp3) is 0.500. The largest absolute Gasteiger partial charge is 0.442 e. The Morgan fingerprint density at radius 2 is 1.56 bits per heavy atom. The lowest BCUT2D eigenvalue weighted by Crippen LogP contribution is -2.13. The van der Waals surface area contributed by atoms with Gasteiger partial charge in [-0.2, -0.15) is 0 Å². The van der Waals surface area contributed by atoms with Crippen LogP contribution in [0.25, 0.3) is 0 Å². The minimum absolute atomic E-state index is 0.00808. The number of hydrogen-bond acceptors (Lipinski definition) is 4. The van der Waals surface area contributed by atoms with E-state index in [9.17, 15) is 14.7 Å². The number of benzene rings is 1. The van der Waals surface area contributed by atoms with Crippen LogP contribution in [0.5, 0.6) is 5.75 Å². The van der Waals surface area contributed by atoms with Gasteiger partial charge in [0.15, 0.2) is 0 Å². The lowest BCUT2D eigenvalue weighted by Gasteiger charge is -2.26. The maximum atomic E-state index is 12.6. The molecular formula is C12H18NO4P. The maximum absolute atomic E-state index is 12.6. The maximum Gasteiger partial charge on any atom is 0.269 e. The van der Waals surface area contributed by atoms with E-state index in [1.807, 2.05) is 27.7 Å². The molecule has 0 saturated heterocycles. The van der Waals surface area contributed by atoms with Crippen LogP contribution in [0.1, 0.15) is 27.7 Å². The molecule has 5 nitrogen and oxygen atoms in total. The molecule has 1 aromatic rings. The Balaban J connectivity index is 2.96. The summed E-state index contributed by atoms with van der Waals surface area (Å²) >= 11 is 0. The van der Waals surface area contributed by atoms with Crippen LogP contribution in [0.2, 0.25) is 0 Å². The summed E-state index contributed by atoms with van der Waals surface area (Å²) in [6.45, 7) is 7.41. The SMILES string of the molecule is CC(C)P(=O)(Oc1ccc([N+](=O)[O-])cc1)C(C)C. The Bertz CT molecular complexity index is 455. The van der Waals surface area contributed by atoms with Crippen molar-refractivity contribution in [3.63, 3.8) is 0 Å². The average Bonchev–Trinajstić information content (AvgIpc) is 2.29. The van der Waals surface area contributed by atoms with Crippen LogP contribution >= 0.6 is 7.37 Å². The zero-order chi connectivity index (χ0) is 13.9. The second-order valence-electron chi connectivity index (χ2n) is 4.68. The van der Waals surface area contributed by atoms with Crippen molar-refractivity contribution >= 4 is 13.1 Å². The number of nitrogens with zero attached hydrogens (tertiary/aromatic N) is 1. The lowest BCUT2D eigenvalue weighted by atomic mass is 10.3. The van der Waals surface area contributed by atoms with Crippen molar-refractivity contribution in [2.75, 3.05) is 0 Å². The molecule has 0 N–H and O–H groups in total. The summed E-state index contributed by atoms with van der Waals surface area (Å²) in [4.78, 5) is 10.0. The predicted octanol–water partition coefficient (Wildman–Crippen LogP) is 4.07. The highest BCUT2D eigenvalue weighted by Crippen LogP contribution is 2.55. The third kappa shape index (κ3) is 3.10. The normalized spacial score (nSPS) is 11.9. The predicted molar refractivity (Wildman–Crippen MR) is 71.6 cm³/mol. The number of hydrogen-bond donors (Lipinski definition) is 0. The Kier molecular flexibility index (Phi) is 4.52. The van der Waals surface area contributed by atoms with E-state index in [1.165, 1.54) is 24.3 Å². The quantitative estimate of drug-likeness (QED) is 0.460. The van der Waals surface area contributed by atoms with Gasteiger partial charge in [0, 0.05) is 23.5 Å². The van der Waals surface area contributed by atoms with Crippen molar-refractivity contribution < 1.29 is 14.0 Å². The molecule has 6 heteroatoms. The van der Waals surface area contributed by atoms with Gasteiger partial charge < -0.3 is 4.52 Å². The van der Waals surface area contributed by atoms with Gasteiger partial charge in [0.1, 0.15) is 5.75 Å². The molecule has 0 radical (unpaired) electrons. The molecule has 1 rings (SSSR count). The van der Waals surface area contributed by atoms with E-state index in [-0.39, 0.29) is 17.0 Å². The molecule has 0 aliphatic rings. The molecule has 0 atom stereocenters. The first kappa shape index (κ1) is 14.7.